The van der Waals surface area contributed by atoms with E-state index in [1.807, 2.05) is 0 Å². The van der Waals surface area contributed by atoms with Crippen molar-refractivity contribution in [2.75, 3.05) is 13.2 Å². The van der Waals surface area contributed by atoms with Crippen LogP contribution in [0.4, 0.5) is 0 Å². The highest BCUT2D eigenvalue weighted by molar-refractivity contribution is 7.30. The van der Waals surface area contributed by atoms with Gasteiger partial charge in [0.25, 0.3) is 0 Å². The van der Waals surface area contributed by atoms with E-state index in [4.69, 9.17) is 4.52 Å². The highest BCUT2D eigenvalue weighted by Gasteiger charge is 1.92. The van der Waals surface area contributed by atoms with Gasteiger partial charge in [-0.2, -0.15) is 0 Å². The lowest BCUT2D eigenvalue weighted by atomic mass is 10.8. The Morgan fingerprint density at radius 3 is 2.67 bits per heavy atom. The number of hydrogen-bond donors (Lipinski definition) is 1. The van der Waals surface area contributed by atoms with Gasteiger partial charge in [0.1, 0.15) is 0 Å². The zero-order valence-corrected chi connectivity index (χ0v) is 4.40. The lowest BCUT2D eigenvalue weighted by Crippen LogP contribution is -1.95. The monoisotopic (exact) mass is 102 g/mol. The van der Waals surface area contributed by atoms with Crippen LogP contribution in [0.1, 0.15) is 0 Å². The maximum absolute atomic E-state index is 4.86. The summed E-state index contributed by atoms with van der Waals surface area (Å²) in [6.45, 7) is 1.94. The van der Waals surface area contributed by atoms with Crippen LogP contribution in [0.3, 0.4) is 0 Å². The molecule has 1 rings (SSSR count). The number of rotatable bonds is 0. The van der Waals surface area contributed by atoms with E-state index in [-0.39, 0.29) is 8.41 Å². The van der Waals surface area contributed by atoms with Crippen molar-refractivity contribution in [2.45, 2.75) is 0 Å². The van der Waals surface area contributed by atoms with Crippen molar-refractivity contribution in [1.82, 2.24) is 5.09 Å². The summed E-state index contributed by atoms with van der Waals surface area (Å²) < 4.78 is 4.86. The van der Waals surface area contributed by atoms with E-state index in [1.165, 1.54) is 0 Å². The van der Waals surface area contributed by atoms with Gasteiger partial charge in [-0.1, -0.05) is 0 Å². The Morgan fingerprint density at radius 2 is 2.50 bits per heavy atom. The van der Waals surface area contributed by atoms with E-state index in [0.717, 1.165) is 13.2 Å². The second-order valence-corrected chi connectivity index (χ2v) is 1.72. The summed E-state index contributed by atoms with van der Waals surface area (Å²) in [6, 6.07) is 0. The first kappa shape index (κ1) is 6.41. The van der Waals surface area contributed by atoms with Gasteiger partial charge in [0.05, 0.1) is 15.6 Å². The predicted molar refractivity (Wildman–Crippen MR) is 28.0 cm³/mol. The molecule has 1 saturated heterocycles. The molecule has 3 radical (unpaired) electrons. The van der Waals surface area contributed by atoms with E-state index < -0.39 is 0 Å². The third kappa shape index (κ3) is 1.76. The summed E-state index contributed by atoms with van der Waals surface area (Å²) in [5, 5.41) is 3.03. The largest absolute Gasteiger partial charge is 0.345 e. The fourth-order valence-corrected chi connectivity index (χ4v) is 0.765. The third-order valence-corrected chi connectivity index (χ3v) is 1.22. The van der Waals surface area contributed by atoms with Crippen LogP contribution >= 0.6 is 8.96 Å². The average molecular weight is 102 g/mol. The van der Waals surface area contributed by atoms with Crippen LogP contribution in [0, 0.1) is 0 Å². The highest BCUT2D eigenvalue weighted by atomic mass is 31.1. The van der Waals surface area contributed by atoms with Crippen LogP contribution in [0.2, 0.25) is 0 Å². The molecule has 1 unspecified atom stereocenters. The summed E-state index contributed by atoms with van der Waals surface area (Å²) >= 11 is 0. The molecule has 0 bridgehead atoms. The van der Waals surface area contributed by atoms with Crippen LogP contribution < -0.4 is 5.09 Å². The summed E-state index contributed by atoms with van der Waals surface area (Å²) in [5.41, 5.74) is 0. The fraction of sp³-hybridized carbons (Fsp3) is 1.00. The molecule has 0 aromatic heterocycles. The van der Waals surface area contributed by atoms with Crippen molar-refractivity contribution in [1.29, 1.82) is 0 Å². The average Bonchev–Trinajstić information content (AvgIpc) is 1.76. The molecule has 1 aliphatic rings. The maximum atomic E-state index is 4.86. The van der Waals surface area contributed by atoms with Crippen molar-refractivity contribution in [3.8, 4) is 0 Å². The van der Waals surface area contributed by atoms with Crippen LogP contribution in [-0.2, 0) is 4.52 Å². The van der Waals surface area contributed by atoms with E-state index in [2.05, 4.69) is 5.09 Å². The van der Waals surface area contributed by atoms with Gasteiger partial charge >= 0.3 is 0 Å². The van der Waals surface area contributed by atoms with Gasteiger partial charge in [-0.3, -0.25) is 5.09 Å². The predicted octanol–water partition coefficient (Wildman–Crippen LogP) is -0.266. The summed E-state index contributed by atoms with van der Waals surface area (Å²) in [5.74, 6) is 0. The first-order chi connectivity index (χ1) is 2.50. The molecule has 4 heteroatoms. The molecule has 6 heavy (non-hydrogen) atoms. The summed E-state index contributed by atoms with van der Waals surface area (Å²) in [7, 11) is 0.559. The van der Waals surface area contributed by atoms with E-state index in [1.54, 1.807) is 0 Å². The molecule has 2 nitrogen and oxygen atoms in total. The zero-order valence-electron chi connectivity index (χ0n) is 3.40. The smallest absolute Gasteiger partial charge is 0.0862 e. The molecule has 1 atom stereocenters. The van der Waals surface area contributed by atoms with Crippen molar-refractivity contribution < 1.29 is 4.52 Å². The first-order valence-electron chi connectivity index (χ1n) is 1.60. The lowest BCUT2D eigenvalue weighted by molar-refractivity contribution is 0.407. The quantitative estimate of drug-likeness (QED) is 0.335. The SMILES string of the molecule is C1COPN1.[B]. The van der Waals surface area contributed by atoms with E-state index in [9.17, 15) is 0 Å². The molecule has 0 spiro atoms. The standard InChI is InChI=1S/C2H6NOP.B/c1-2-4-5-3-1;/h3,5H,1-2H2;. The number of hydrogen-bond acceptors (Lipinski definition) is 2. The number of nitrogens with one attached hydrogen (secondary N) is 1. The van der Waals surface area contributed by atoms with Gasteiger partial charge in [0.2, 0.25) is 0 Å². The molecular weight excluding hydrogens is 95.8 g/mol. The van der Waals surface area contributed by atoms with Gasteiger partial charge in [-0.05, 0) is 0 Å². The molecule has 0 saturated carbocycles. The van der Waals surface area contributed by atoms with Gasteiger partial charge in [-0.15, -0.1) is 0 Å². The Labute approximate surface area is 41.1 Å². The molecule has 1 fully saturated rings. The fourth-order valence-electron chi connectivity index (χ4n) is 0.255. The van der Waals surface area contributed by atoms with Crippen molar-refractivity contribution in [3.63, 3.8) is 0 Å². The molecule has 0 aromatic carbocycles. The van der Waals surface area contributed by atoms with Gasteiger partial charge in [-0.25, -0.2) is 0 Å². The molecule has 1 aliphatic heterocycles. The van der Waals surface area contributed by atoms with Crippen LogP contribution in [-0.4, -0.2) is 21.6 Å². The molecule has 0 amide bonds. The minimum atomic E-state index is 0. The Balaban J connectivity index is 0.000000250. The maximum Gasteiger partial charge on any atom is 0.0862 e. The van der Waals surface area contributed by atoms with Crippen LogP contribution in [0.25, 0.3) is 0 Å². The van der Waals surface area contributed by atoms with Gasteiger partial charge in [0.15, 0.2) is 0 Å². The van der Waals surface area contributed by atoms with Crippen molar-refractivity contribution >= 4 is 17.4 Å². The van der Waals surface area contributed by atoms with Gasteiger partial charge < -0.3 is 4.52 Å². The Bertz CT molecular complexity index is 25.1. The van der Waals surface area contributed by atoms with Crippen molar-refractivity contribution in [3.05, 3.63) is 0 Å². The topological polar surface area (TPSA) is 21.3 Å². The first-order valence-corrected chi connectivity index (χ1v) is 2.50. The minimum absolute atomic E-state index is 0. The minimum Gasteiger partial charge on any atom is -0.345 e. The Hall–Kier alpha value is 0.415. The molecule has 33 valence electrons. The summed E-state index contributed by atoms with van der Waals surface area (Å²) in [6.07, 6.45) is 0. The molecule has 0 aliphatic carbocycles. The second kappa shape index (κ2) is 3.60. The third-order valence-electron chi connectivity index (χ3n) is 0.473. The van der Waals surface area contributed by atoms with E-state index >= 15 is 0 Å². The lowest BCUT2D eigenvalue weighted by Gasteiger charge is -1.76. The van der Waals surface area contributed by atoms with Crippen LogP contribution in [0.5, 0.6) is 0 Å². The summed E-state index contributed by atoms with van der Waals surface area (Å²) in [4.78, 5) is 0. The Kier molecular flexibility index (Phi) is 3.85. The zero-order chi connectivity index (χ0) is 3.54. The van der Waals surface area contributed by atoms with Gasteiger partial charge in [0, 0.05) is 15.0 Å². The second-order valence-electron chi connectivity index (χ2n) is 0.877. The molecule has 1 heterocycles. The molecule has 1 N–H and O–H groups in total. The Morgan fingerprint density at radius 1 is 1.67 bits per heavy atom. The normalized spacial score (nSPS) is 24.0. The van der Waals surface area contributed by atoms with Crippen molar-refractivity contribution in [2.24, 2.45) is 0 Å². The molecular formula is C2H6BNOP. The van der Waals surface area contributed by atoms with E-state index in [0.29, 0.717) is 8.96 Å². The van der Waals surface area contributed by atoms with Crippen LogP contribution in [0.15, 0.2) is 0 Å². The molecule has 0 aromatic rings. The highest BCUT2D eigenvalue weighted by Crippen LogP contribution is 2.08.